The van der Waals surface area contributed by atoms with E-state index in [4.69, 9.17) is 0 Å². The Bertz CT molecular complexity index is 522. The maximum Gasteiger partial charge on any atom is 0.214 e. The Kier molecular flexibility index (Phi) is 4.76. The van der Waals surface area contributed by atoms with E-state index in [0.717, 1.165) is 17.7 Å². The molecule has 0 aromatic carbocycles. The molecule has 0 saturated carbocycles. The Balaban J connectivity index is 2.05. The Labute approximate surface area is 118 Å². The quantitative estimate of drug-likeness (QED) is 0.759. The second-order valence-corrected chi connectivity index (χ2v) is 7.82. The number of thiophene rings is 1. The van der Waals surface area contributed by atoms with Crippen LogP contribution in [0.25, 0.3) is 0 Å². The first-order chi connectivity index (χ1) is 9.04. The summed E-state index contributed by atoms with van der Waals surface area (Å²) in [6, 6.07) is 3.50. The maximum atomic E-state index is 12.1. The summed E-state index contributed by atoms with van der Waals surface area (Å²) in [7, 11) is -3.19. The van der Waals surface area contributed by atoms with Crippen molar-refractivity contribution < 1.29 is 13.2 Å². The van der Waals surface area contributed by atoms with E-state index >= 15 is 0 Å². The van der Waals surface area contributed by atoms with Gasteiger partial charge in [-0.25, -0.2) is 8.42 Å². The van der Waals surface area contributed by atoms with Gasteiger partial charge in [0.1, 0.15) is 0 Å². The molecule has 1 atom stereocenters. The number of nitrogens with zero attached hydrogens (tertiary/aromatic N) is 1. The van der Waals surface area contributed by atoms with Gasteiger partial charge in [-0.3, -0.25) is 4.79 Å². The van der Waals surface area contributed by atoms with E-state index < -0.39 is 10.0 Å². The largest absolute Gasteiger partial charge is 0.293 e. The molecule has 0 spiro atoms. The van der Waals surface area contributed by atoms with Gasteiger partial charge in [0.15, 0.2) is 5.78 Å². The summed E-state index contributed by atoms with van der Waals surface area (Å²) >= 11 is 1.42. The zero-order valence-electron chi connectivity index (χ0n) is 11.0. The summed E-state index contributed by atoms with van der Waals surface area (Å²) in [5.74, 6) is 0.232. The summed E-state index contributed by atoms with van der Waals surface area (Å²) < 4.78 is 25.8. The lowest BCUT2D eigenvalue weighted by atomic mass is 10.1. The number of ketones is 1. The molecule has 2 rings (SSSR count). The van der Waals surface area contributed by atoms with Crippen molar-refractivity contribution in [3.8, 4) is 0 Å². The van der Waals surface area contributed by atoms with Crippen LogP contribution < -0.4 is 0 Å². The van der Waals surface area contributed by atoms with Crippen molar-refractivity contribution >= 4 is 27.1 Å². The highest BCUT2D eigenvalue weighted by Crippen LogP contribution is 2.26. The van der Waals surface area contributed by atoms with Crippen molar-refractivity contribution in [1.82, 2.24) is 4.31 Å². The molecule has 0 aliphatic carbocycles. The number of carbonyl (C=O) groups is 1. The van der Waals surface area contributed by atoms with E-state index in [1.54, 1.807) is 10.4 Å². The monoisotopic (exact) mass is 301 g/mol. The topological polar surface area (TPSA) is 54.5 Å². The first kappa shape index (κ1) is 14.7. The van der Waals surface area contributed by atoms with Crippen molar-refractivity contribution in [2.75, 3.05) is 12.3 Å². The van der Waals surface area contributed by atoms with Gasteiger partial charge in [-0.2, -0.15) is 4.31 Å². The minimum Gasteiger partial charge on any atom is -0.293 e. The van der Waals surface area contributed by atoms with Crippen LogP contribution in [0.1, 0.15) is 42.3 Å². The molecule has 6 heteroatoms. The van der Waals surface area contributed by atoms with Crippen molar-refractivity contribution in [3.63, 3.8) is 0 Å². The fraction of sp³-hybridized carbons (Fsp3) is 0.615. The number of rotatable bonds is 6. The second kappa shape index (κ2) is 6.15. The van der Waals surface area contributed by atoms with Crippen LogP contribution in [0, 0.1) is 0 Å². The molecule has 2 heterocycles. The molecule has 1 aliphatic rings. The molecular weight excluding hydrogens is 282 g/mol. The molecule has 0 bridgehead atoms. The average Bonchev–Trinajstić information content (AvgIpc) is 2.99. The number of sulfonamides is 1. The lowest BCUT2D eigenvalue weighted by Gasteiger charge is -2.23. The molecule has 1 fully saturated rings. The zero-order chi connectivity index (χ0) is 13.9. The first-order valence-corrected chi connectivity index (χ1v) is 9.09. The minimum atomic E-state index is -3.19. The first-order valence-electron chi connectivity index (χ1n) is 6.61. The van der Waals surface area contributed by atoms with E-state index in [0.29, 0.717) is 19.4 Å². The van der Waals surface area contributed by atoms with Gasteiger partial charge in [-0.15, -0.1) is 11.3 Å². The lowest BCUT2D eigenvalue weighted by molar-refractivity contribution is 0.0965. The lowest BCUT2D eigenvalue weighted by Crippen LogP contribution is -2.38. The predicted octanol–water partition coefficient (Wildman–Crippen LogP) is 2.53. The summed E-state index contributed by atoms with van der Waals surface area (Å²) in [4.78, 5) is 12.8. The molecule has 19 heavy (non-hydrogen) atoms. The molecule has 1 aromatic rings. The van der Waals surface area contributed by atoms with Gasteiger partial charge in [-0.1, -0.05) is 13.0 Å². The third kappa shape index (κ3) is 3.43. The highest BCUT2D eigenvalue weighted by atomic mass is 32.2. The minimum absolute atomic E-state index is 0.0543. The molecule has 1 saturated heterocycles. The Morgan fingerprint density at radius 1 is 1.53 bits per heavy atom. The second-order valence-electron chi connectivity index (χ2n) is 4.83. The zero-order valence-corrected chi connectivity index (χ0v) is 12.7. The fourth-order valence-electron chi connectivity index (χ4n) is 2.51. The maximum absolute atomic E-state index is 12.1. The highest BCUT2D eigenvalue weighted by molar-refractivity contribution is 7.89. The van der Waals surface area contributed by atoms with Crippen molar-refractivity contribution in [2.45, 2.75) is 38.6 Å². The fourth-order valence-corrected chi connectivity index (χ4v) is 4.97. The van der Waals surface area contributed by atoms with E-state index in [1.165, 1.54) is 11.3 Å². The van der Waals surface area contributed by atoms with Gasteiger partial charge in [0.05, 0.1) is 10.6 Å². The average molecular weight is 301 g/mol. The Morgan fingerprint density at radius 3 is 2.95 bits per heavy atom. The van der Waals surface area contributed by atoms with Gasteiger partial charge < -0.3 is 0 Å². The van der Waals surface area contributed by atoms with E-state index in [1.807, 2.05) is 18.4 Å². The summed E-state index contributed by atoms with van der Waals surface area (Å²) in [5.41, 5.74) is 0. The van der Waals surface area contributed by atoms with Crippen molar-refractivity contribution in [3.05, 3.63) is 22.4 Å². The summed E-state index contributed by atoms with van der Waals surface area (Å²) in [5, 5.41) is 1.87. The van der Waals surface area contributed by atoms with Crippen LogP contribution >= 0.6 is 11.3 Å². The van der Waals surface area contributed by atoms with Crippen LogP contribution in [0.3, 0.4) is 0 Å². The van der Waals surface area contributed by atoms with Gasteiger partial charge in [-0.05, 0) is 30.7 Å². The smallest absolute Gasteiger partial charge is 0.214 e. The van der Waals surface area contributed by atoms with Gasteiger partial charge >= 0.3 is 0 Å². The number of carbonyl (C=O) groups excluding carboxylic acids is 1. The summed E-state index contributed by atoms with van der Waals surface area (Å²) in [6.07, 6.45) is 2.57. The van der Waals surface area contributed by atoms with Crippen LogP contribution in [0.5, 0.6) is 0 Å². The standard InChI is InChI=1S/C13H19NO3S2/c1-2-9-19(16,17)14-7-3-5-11(14)10-12(15)13-6-4-8-18-13/h4,6,8,11H,2-3,5,7,9-10H2,1H3/t11-/m0/s1. The third-order valence-electron chi connectivity index (χ3n) is 3.36. The molecule has 106 valence electrons. The predicted molar refractivity (Wildman–Crippen MR) is 77.1 cm³/mol. The SMILES string of the molecule is CCCS(=O)(=O)N1CCC[C@H]1CC(=O)c1cccs1. The highest BCUT2D eigenvalue weighted by Gasteiger charge is 2.34. The van der Waals surface area contributed by atoms with Gasteiger partial charge in [0.25, 0.3) is 0 Å². The van der Waals surface area contributed by atoms with E-state index in [-0.39, 0.29) is 17.6 Å². The summed E-state index contributed by atoms with van der Waals surface area (Å²) in [6.45, 7) is 2.42. The Morgan fingerprint density at radius 2 is 2.32 bits per heavy atom. The molecule has 0 amide bonds. The van der Waals surface area contributed by atoms with Gasteiger partial charge in [0, 0.05) is 19.0 Å². The van der Waals surface area contributed by atoms with Crippen LogP contribution in [-0.2, 0) is 10.0 Å². The van der Waals surface area contributed by atoms with Gasteiger partial charge in [0.2, 0.25) is 10.0 Å². The van der Waals surface area contributed by atoms with Crippen LogP contribution in [-0.4, -0.2) is 36.8 Å². The molecule has 4 nitrogen and oxygen atoms in total. The molecule has 1 aliphatic heterocycles. The third-order valence-corrected chi connectivity index (χ3v) is 6.39. The van der Waals surface area contributed by atoms with E-state index in [9.17, 15) is 13.2 Å². The normalized spacial score (nSPS) is 20.8. The number of hydrogen-bond donors (Lipinski definition) is 0. The van der Waals surface area contributed by atoms with Crippen LogP contribution in [0.2, 0.25) is 0 Å². The van der Waals surface area contributed by atoms with Crippen LogP contribution in [0.15, 0.2) is 17.5 Å². The molecule has 0 unspecified atom stereocenters. The van der Waals surface area contributed by atoms with Crippen molar-refractivity contribution in [2.24, 2.45) is 0 Å². The molecule has 1 aromatic heterocycles. The van der Waals surface area contributed by atoms with Crippen molar-refractivity contribution in [1.29, 1.82) is 0 Å². The number of Topliss-reactive ketones (excluding diaryl/α,β-unsaturated/α-hetero) is 1. The number of hydrogen-bond acceptors (Lipinski definition) is 4. The van der Waals surface area contributed by atoms with E-state index in [2.05, 4.69) is 0 Å². The Hall–Kier alpha value is -0.720. The van der Waals surface area contributed by atoms with Crippen LogP contribution in [0.4, 0.5) is 0 Å². The molecule has 0 N–H and O–H groups in total. The molecule has 0 radical (unpaired) electrons. The molecular formula is C13H19NO3S2.